The van der Waals surface area contributed by atoms with Crippen LogP contribution in [0.3, 0.4) is 0 Å². The van der Waals surface area contributed by atoms with E-state index in [2.05, 4.69) is 5.43 Å². The quantitative estimate of drug-likeness (QED) is 0.425. The van der Waals surface area contributed by atoms with Gasteiger partial charge in [-0.3, -0.25) is 10.4 Å². The molecular weight excluding hydrogens is 341 g/mol. The van der Waals surface area contributed by atoms with Gasteiger partial charge in [-0.25, -0.2) is 4.39 Å². The van der Waals surface area contributed by atoms with Crippen LogP contribution in [0.4, 0.5) is 10.1 Å². The van der Waals surface area contributed by atoms with Crippen molar-refractivity contribution in [2.75, 3.05) is 18.6 Å². The molecule has 1 aromatic rings. The Morgan fingerprint density at radius 3 is 2.48 bits per heavy atom. The van der Waals surface area contributed by atoms with Crippen molar-refractivity contribution in [1.29, 1.82) is 0 Å². The minimum absolute atomic E-state index is 0.0257. The van der Waals surface area contributed by atoms with Crippen molar-refractivity contribution in [3.05, 3.63) is 33.3 Å². The van der Waals surface area contributed by atoms with Gasteiger partial charge in [0.05, 0.1) is 23.9 Å². The Balaban J connectivity index is 3.24. The Bertz CT molecular complexity index is 574. The first kappa shape index (κ1) is 18.4. The second-order valence-electron chi connectivity index (χ2n) is 3.80. The molecule has 0 heterocycles. The highest BCUT2D eigenvalue weighted by molar-refractivity contribution is 7.61. The molecule has 5 nitrogen and oxygen atoms in total. The van der Waals surface area contributed by atoms with E-state index < -0.39 is 13.4 Å². The Morgan fingerprint density at radius 1 is 1.43 bits per heavy atom. The summed E-state index contributed by atoms with van der Waals surface area (Å²) >= 11 is 12.0. The van der Waals surface area contributed by atoms with Crippen LogP contribution in [-0.2, 0) is 13.6 Å². The van der Waals surface area contributed by atoms with Crippen LogP contribution >= 0.6 is 30.8 Å². The fourth-order valence-corrected chi connectivity index (χ4v) is 3.41. The van der Waals surface area contributed by atoms with E-state index in [1.807, 2.05) is 0 Å². The van der Waals surface area contributed by atoms with Gasteiger partial charge in [0.2, 0.25) is 0 Å². The number of nitrogens with one attached hydrogen (secondary N) is 1. The first-order valence-corrected chi connectivity index (χ1v) is 8.40. The van der Waals surface area contributed by atoms with Crippen molar-refractivity contribution in [1.82, 2.24) is 0 Å². The summed E-state index contributed by atoms with van der Waals surface area (Å²) in [5.74, 6) is 4.57. The number of nitrogen functional groups attached to an aromatic ring is 1. The molecular formula is C12H16Cl2FN2O3P. The molecule has 0 unspecified atom stereocenters. The molecule has 0 bridgehead atoms. The van der Waals surface area contributed by atoms with Crippen LogP contribution in [0.2, 0.25) is 5.02 Å². The SMILES string of the molecule is CCOP(=O)(OCC)/C(Cl)=C/c1cc(NN)c(F)cc1Cl. The lowest BCUT2D eigenvalue weighted by Crippen LogP contribution is -2.08. The van der Waals surface area contributed by atoms with Gasteiger partial charge in [-0.05, 0) is 37.6 Å². The number of hydrogen-bond acceptors (Lipinski definition) is 5. The normalized spacial score (nSPS) is 12.6. The van der Waals surface area contributed by atoms with Crippen molar-refractivity contribution in [2.45, 2.75) is 13.8 Å². The highest BCUT2D eigenvalue weighted by Crippen LogP contribution is 2.58. The summed E-state index contributed by atoms with van der Waals surface area (Å²) in [7, 11) is -3.61. The van der Waals surface area contributed by atoms with Gasteiger partial charge in [0.1, 0.15) is 10.6 Å². The fourth-order valence-electron chi connectivity index (χ4n) is 1.49. The van der Waals surface area contributed by atoms with Crippen LogP contribution in [0.25, 0.3) is 6.08 Å². The summed E-state index contributed by atoms with van der Waals surface area (Å²) < 4.78 is 36.0. The van der Waals surface area contributed by atoms with Crippen molar-refractivity contribution in [3.8, 4) is 0 Å². The molecule has 0 saturated carbocycles. The second-order valence-corrected chi connectivity index (χ2v) is 6.87. The van der Waals surface area contributed by atoms with E-state index in [4.69, 9.17) is 38.1 Å². The maximum absolute atomic E-state index is 13.5. The van der Waals surface area contributed by atoms with Gasteiger partial charge in [-0.15, -0.1) is 0 Å². The number of anilines is 1. The molecule has 1 aromatic carbocycles. The molecule has 0 fully saturated rings. The number of hydrogen-bond donors (Lipinski definition) is 2. The van der Waals surface area contributed by atoms with Gasteiger partial charge in [0, 0.05) is 0 Å². The van der Waals surface area contributed by atoms with Crippen LogP contribution in [0.5, 0.6) is 0 Å². The van der Waals surface area contributed by atoms with Crippen LogP contribution < -0.4 is 11.3 Å². The summed E-state index contributed by atoms with van der Waals surface area (Å²) in [6.07, 6.45) is 1.30. The number of rotatable bonds is 7. The fraction of sp³-hybridized carbons (Fsp3) is 0.333. The molecule has 0 aliphatic heterocycles. The maximum atomic E-state index is 13.5. The van der Waals surface area contributed by atoms with Crippen molar-refractivity contribution >= 4 is 42.6 Å². The zero-order chi connectivity index (χ0) is 16.0. The van der Waals surface area contributed by atoms with E-state index in [1.165, 1.54) is 12.1 Å². The summed E-state index contributed by atoms with van der Waals surface area (Å²) in [5.41, 5.74) is 2.54. The second kappa shape index (κ2) is 8.13. The van der Waals surface area contributed by atoms with Crippen molar-refractivity contribution in [3.63, 3.8) is 0 Å². The standard InChI is InChI=1S/C12H16Cl2FN2O3P/c1-3-19-21(18,20-4-2)12(14)6-8-5-11(17-16)10(15)7-9(8)13/h5-7,17H,3-4,16H2,1-2H3/b12-6+. The average molecular weight is 357 g/mol. The highest BCUT2D eigenvalue weighted by atomic mass is 35.5. The number of hydrazine groups is 1. The minimum atomic E-state index is -3.61. The summed E-state index contributed by atoms with van der Waals surface area (Å²) in [6.45, 7) is 3.65. The topological polar surface area (TPSA) is 73.6 Å². The molecule has 118 valence electrons. The van der Waals surface area contributed by atoms with E-state index in [0.29, 0.717) is 5.56 Å². The molecule has 0 atom stereocenters. The summed E-state index contributed by atoms with van der Waals surface area (Å²) in [6, 6.07) is 2.40. The highest BCUT2D eigenvalue weighted by Gasteiger charge is 2.28. The zero-order valence-corrected chi connectivity index (χ0v) is 13.9. The molecule has 1 rings (SSSR count). The molecule has 0 aromatic heterocycles. The van der Waals surface area contributed by atoms with E-state index in [9.17, 15) is 8.96 Å². The third-order valence-electron chi connectivity index (χ3n) is 2.38. The van der Waals surface area contributed by atoms with E-state index in [-0.39, 0.29) is 28.7 Å². The maximum Gasteiger partial charge on any atom is 0.372 e. The molecule has 0 amide bonds. The van der Waals surface area contributed by atoms with Crippen LogP contribution in [0, 0.1) is 5.82 Å². The Kier molecular flexibility index (Phi) is 7.13. The van der Waals surface area contributed by atoms with Crippen LogP contribution in [-0.4, -0.2) is 13.2 Å². The summed E-state index contributed by atoms with van der Waals surface area (Å²) in [4.78, 5) is 0. The van der Waals surface area contributed by atoms with E-state index in [1.54, 1.807) is 13.8 Å². The first-order valence-electron chi connectivity index (χ1n) is 6.10. The number of nitrogens with two attached hydrogens (primary N) is 1. The van der Waals surface area contributed by atoms with Gasteiger partial charge in [-0.2, -0.15) is 0 Å². The number of benzene rings is 1. The number of halogens is 3. The molecule has 9 heteroatoms. The molecule has 21 heavy (non-hydrogen) atoms. The third-order valence-corrected chi connectivity index (χ3v) is 5.28. The predicted molar refractivity (Wildman–Crippen MR) is 83.9 cm³/mol. The van der Waals surface area contributed by atoms with Gasteiger partial charge in [0.15, 0.2) is 0 Å². The smallest absolute Gasteiger partial charge is 0.321 e. The summed E-state index contributed by atoms with van der Waals surface area (Å²) in [5, 5.41) is 0.0872. The first-order chi connectivity index (χ1) is 9.87. The lowest BCUT2D eigenvalue weighted by molar-refractivity contribution is 0.228. The van der Waals surface area contributed by atoms with E-state index in [0.717, 1.165) is 6.07 Å². The molecule has 0 saturated heterocycles. The molecule has 0 aliphatic carbocycles. The van der Waals surface area contributed by atoms with Gasteiger partial charge >= 0.3 is 7.60 Å². The average Bonchev–Trinajstić information content (AvgIpc) is 2.42. The van der Waals surface area contributed by atoms with E-state index >= 15 is 0 Å². The monoisotopic (exact) mass is 356 g/mol. The molecule has 3 N–H and O–H groups in total. The van der Waals surface area contributed by atoms with Crippen LogP contribution in [0.15, 0.2) is 16.9 Å². The molecule has 0 radical (unpaired) electrons. The largest absolute Gasteiger partial charge is 0.372 e. The molecule has 0 aliphatic rings. The zero-order valence-electron chi connectivity index (χ0n) is 11.5. The lowest BCUT2D eigenvalue weighted by atomic mass is 10.2. The third kappa shape index (κ3) is 4.68. The predicted octanol–water partition coefficient (Wildman–Crippen LogP) is 4.57. The Morgan fingerprint density at radius 2 is 2.00 bits per heavy atom. The van der Waals surface area contributed by atoms with Gasteiger partial charge in [-0.1, -0.05) is 23.2 Å². The van der Waals surface area contributed by atoms with Crippen molar-refractivity contribution in [2.24, 2.45) is 5.84 Å². The molecule has 0 spiro atoms. The lowest BCUT2D eigenvalue weighted by Gasteiger charge is -2.16. The minimum Gasteiger partial charge on any atom is -0.321 e. The van der Waals surface area contributed by atoms with Gasteiger partial charge in [0.25, 0.3) is 0 Å². The Labute approximate surface area is 132 Å². The van der Waals surface area contributed by atoms with Crippen LogP contribution in [0.1, 0.15) is 19.4 Å². The van der Waals surface area contributed by atoms with Crippen molar-refractivity contribution < 1.29 is 18.0 Å². The van der Waals surface area contributed by atoms with Gasteiger partial charge < -0.3 is 14.5 Å². The Hall–Kier alpha value is -0.620.